The Labute approximate surface area is 107 Å². The topological polar surface area (TPSA) is 45.8 Å². The van der Waals surface area contributed by atoms with E-state index in [1.54, 1.807) is 11.8 Å². The van der Waals surface area contributed by atoms with Crippen LogP contribution in [0.1, 0.15) is 22.3 Å². The summed E-state index contributed by atoms with van der Waals surface area (Å²) in [4.78, 5) is 19.4. The number of hydrogen-bond acceptors (Lipinski definition) is 5. The molecule has 1 aromatic rings. The van der Waals surface area contributed by atoms with Crippen molar-refractivity contribution in [2.45, 2.75) is 16.8 Å². The van der Waals surface area contributed by atoms with Gasteiger partial charge < -0.3 is 4.98 Å². The Hall–Kier alpha value is -0.0700. The largest absolute Gasteiger partial charge is 0.309 e. The third-order valence-electron chi connectivity index (χ3n) is 2.73. The van der Waals surface area contributed by atoms with Crippen LogP contribution in [-0.4, -0.2) is 27.2 Å². The maximum absolute atomic E-state index is 11.8. The monoisotopic (exact) mass is 272 g/mol. The van der Waals surface area contributed by atoms with E-state index in [1.165, 1.54) is 5.75 Å². The van der Waals surface area contributed by atoms with E-state index in [1.807, 2.05) is 23.5 Å². The smallest absolute Gasteiger partial charge is 0.255 e. The number of fused-ring (bicyclic) bond motifs is 1. The number of aromatic amines is 1. The maximum Gasteiger partial charge on any atom is 0.255 e. The molecule has 16 heavy (non-hydrogen) atoms. The summed E-state index contributed by atoms with van der Waals surface area (Å²) in [5, 5.41) is 0.377. The van der Waals surface area contributed by atoms with E-state index in [0.29, 0.717) is 5.25 Å². The molecule has 0 bridgehead atoms. The zero-order valence-electron chi connectivity index (χ0n) is 8.69. The van der Waals surface area contributed by atoms with E-state index in [-0.39, 0.29) is 5.56 Å². The van der Waals surface area contributed by atoms with Crippen LogP contribution in [0.5, 0.6) is 0 Å². The van der Waals surface area contributed by atoms with Crippen LogP contribution >= 0.6 is 35.3 Å². The number of aromatic nitrogens is 2. The lowest BCUT2D eigenvalue weighted by Gasteiger charge is -2.20. The van der Waals surface area contributed by atoms with Gasteiger partial charge >= 0.3 is 0 Å². The van der Waals surface area contributed by atoms with Crippen LogP contribution in [0.25, 0.3) is 0 Å². The van der Waals surface area contributed by atoms with Crippen LogP contribution in [0.4, 0.5) is 0 Å². The molecule has 0 aromatic carbocycles. The van der Waals surface area contributed by atoms with Gasteiger partial charge in [0.05, 0.1) is 10.9 Å². The van der Waals surface area contributed by atoms with Crippen LogP contribution in [0.3, 0.4) is 0 Å². The Morgan fingerprint density at radius 3 is 3.00 bits per heavy atom. The number of thioether (sulfide) groups is 3. The number of nitrogens with one attached hydrogen (secondary N) is 1. The van der Waals surface area contributed by atoms with Gasteiger partial charge in [-0.15, -0.1) is 11.8 Å². The van der Waals surface area contributed by atoms with Gasteiger partial charge in [0.15, 0.2) is 0 Å². The molecule has 3 nitrogen and oxygen atoms in total. The van der Waals surface area contributed by atoms with Gasteiger partial charge in [-0.3, -0.25) is 4.79 Å². The standard InChI is InChI=1S/C10H12N2OS3/c13-10-6-3-15-4-7(6)11-9(12-10)8-5-14-1-2-16-8/h8H,1-5H2,(H,11,12,13). The second kappa shape index (κ2) is 4.66. The average Bonchev–Trinajstić information content (AvgIpc) is 2.79. The fourth-order valence-electron chi connectivity index (χ4n) is 1.88. The van der Waals surface area contributed by atoms with Crippen molar-refractivity contribution in [1.82, 2.24) is 9.97 Å². The summed E-state index contributed by atoms with van der Waals surface area (Å²) >= 11 is 5.64. The van der Waals surface area contributed by atoms with Crippen molar-refractivity contribution in [2.75, 3.05) is 17.3 Å². The van der Waals surface area contributed by atoms with Crippen molar-refractivity contribution in [3.05, 3.63) is 27.4 Å². The van der Waals surface area contributed by atoms with Gasteiger partial charge in [-0.05, 0) is 0 Å². The van der Waals surface area contributed by atoms with E-state index in [9.17, 15) is 4.79 Å². The second-order valence-electron chi connectivity index (χ2n) is 3.80. The zero-order chi connectivity index (χ0) is 11.0. The van der Waals surface area contributed by atoms with Gasteiger partial charge in [0, 0.05) is 34.3 Å². The Balaban J connectivity index is 1.96. The van der Waals surface area contributed by atoms with Gasteiger partial charge in [-0.2, -0.15) is 23.5 Å². The molecule has 1 saturated heterocycles. The normalized spacial score (nSPS) is 24.4. The lowest BCUT2D eigenvalue weighted by molar-refractivity contribution is 0.873. The van der Waals surface area contributed by atoms with Crippen molar-refractivity contribution in [1.29, 1.82) is 0 Å². The highest BCUT2D eigenvalue weighted by Crippen LogP contribution is 2.35. The molecule has 86 valence electrons. The van der Waals surface area contributed by atoms with Crippen molar-refractivity contribution >= 4 is 35.3 Å². The van der Waals surface area contributed by atoms with Crippen LogP contribution in [0.2, 0.25) is 0 Å². The Morgan fingerprint density at radius 2 is 2.19 bits per heavy atom. The van der Waals surface area contributed by atoms with Crippen LogP contribution in [-0.2, 0) is 11.5 Å². The number of nitrogens with zero attached hydrogens (tertiary/aromatic N) is 1. The zero-order valence-corrected chi connectivity index (χ0v) is 11.1. The molecule has 6 heteroatoms. The molecule has 2 aliphatic rings. The summed E-state index contributed by atoms with van der Waals surface area (Å²) in [5.41, 5.74) is 1.99. The van der Waals surface area contributed by atoms with Gasteiger partial charge in [0.2, 0.25) is 0 Å². The van der Waals surface area contributed by atoms with Crippen molar-refractivity contribution in [3.63, 3.8) is 0 Å². The highest BCUT2D eigenvalue weighted by Gasteiger charge is 2.23. The molecular formula is C10H12N2OS3. The molecular weight excluding hydrogens is 260 g/mol. The average molecular weight is 272 g/mol. The lowest BCUT2D eigenvalue weighted by Crippen LogP contribution is -2.20. The van der Waals surface area contributed by atoms with Crippen molar-refractivity contribution in [3.8, 4) is 0 Å². The molecule has 0 saturated carbocycles. The minimum atomic E-state index is 0.0844. The summed E-state index contributed by atoms with van der Waals surface area (Å²) in [6.07, 6.45) is 0. The quantitative estimate of drug-likeness (QED) is 0.847. The van der Waals surface area contributed by atoms with Crippen LogP contribution < -0.4 is 5.56 Å². The van der Waals surface area contributed by atoms with Crippen molar-refractivity contribution in [2.24, 2.45) is 0 Å². The van der Waals surface area contributed by atoms with E-state index < -0.39 is 0 Å². The molecule has 3 heterocycles. The molecule has 0 amide bonds. The van der Waals surface area contributed by atoms with E-state index in [0.717, 1.165) is 40.1 Å². The van der Waals surface area contributed by atoms with Gasteiger partial charge in [0.25, 0.3) is 5.56 Å². The molecule has 3 rings (SSSR count). The fourth-order valence-corrected chi connectivity index (χ4v) is 5.54. The van der Waals surface area contributed by atoms with Gasteiger partial charge in [-0.1, -0.05) is 0 Å². The molecule has 1 aromatic heterocycles. The molecule has 0 radical (unpaired) electrons. The summed E-state index contributed by atoms with van der Waals surface area (Å²) in [6, 6.07) is 0. The lowest BCUT2D eigenvalue weighted by atomic mass is 10.2. The fraction of sp³-hybridized carbons (Fsp3) is 0.600. The molecule has 1 N–H and O–H groups in total. The maximum atomic E-state index is 11.8. The summed E-state index contributed by atoms with van der Waals surface area (Å²) in [6.45, 7) is 0. The van der Waals surface area contributed by atoms with Crippen LogP contribution in [0, 0.1) is 0 Å². The van der Waals surface area contributed by atoms with Crippen LogP contribution in [0.15, 0.2) is 4.79 Å². The number of rotatable bonds is 1. The minimum absolute atomic E-state index is 0.0844. The highest BCUT2D eigenvalue weighted by atomic mass is 32.2. The van der Waals surface area contributed by atoms with E-state index in [4.69, 9.17) is 0 Å². The summed E-state index contributed by atoms with van der Waals surface area (Å²) in [7, 11) is 0. The SMILES string of the molecule is O=c1[nH]c(C2CSCCS2)nc2c1CSC2. The predicted octanol–water partition coefficient (Wildman–Crippen LogP) is 2.04. The first kappa shape index (κ1) is 11.0. The number of hydrogen-bond donors (Lipinski definition) is 1. The Morgan fingerprint density at radius 1 is 1.25 bits per heavy atom. The molecule has 0 spiro atoms. The van der Waals surface area contributed by atoms with E-state index >= 15 is 0 Å². The van der Waals surface area contributed by atoms with Gasteiger partial charge in [0.1, 0.15) is 5.82 Å². The first-order chi connectivity index (χ1) is 7.84. The Bertz CT molecular complexity index is 454. The molecule has 1 unspecified atom stereocenters. The molecule has 1 fully saturated rings. The molecule has 0 aliphatic carbocycles. The third-order valence-corrected chi connectivity index (χ3v) is 6.46. The van der Waals surface area contributed by atoms with Crippen molar-refractivity contribution < 1.29 is 0 Å². The second-order valence-corrected chi connectivity index (χ2v) is 7.25. The highest BCUT2D eigenvalue weighted by molar-refractivity contribution is 8.06. The minimum Gasteiger partial charge on any atom is -0.309 e. The predicted molar refractivity (Wildman–Crippen MR) is 72.4 cm³/mol. The summed E-state index contributed by atoms with van der Waals surface area (Å²) in [5.74, 6) is 6.06. The first-order valence-electron chi connectivity index (χ1n) is 5.23. The summed E-state index contributed by atoms with van der Waals surface area (Å²) < 4.78 is 0. The Kier molecular flexibility index (Phi) is 3.22. The molecule has 1 atom stereocenters. The van der Waals surface area contributed by atoms with E-state index in [2.05, 4.69) is 9.97 Å². The molecule has 2 aliphatic heterocycles. The third kappa shape index (κ3) is 2.02. The first-order valence-corrected chi connectivity index (χ1v) is 8.59. The van der Waals surface area contributed by atoms with Gasteiger partial charge in [-0.25, -0.2) is 4.98 Å². The number of H-pyrrole nitrogens is 1.